The zero-order valence-corrected chi connectivity index (χ0v) is 34.7. The zero-order valence-electron chi connectivity index (χ0n) is 34.7. The van der Waals surface area contributed by atoms with Crippen LogP contribution >= 0.6 is 0 Å². The van der Waals surface area contributed by atoms with Crippen molar-refractivity contribution in [2.24, 2.45) is 11.8 Å². The molecular formula is C45H57N7O8. The largest absolute Gasteiger partial charge is 0.494 e. The van der Waals surface area contributed by atoms with Gasteiger partial charge in [-0.05, 0) is 65.5 Å². The van der Waals surface area contributed by atoms with Crippen molar-refractivity contribution in [3.05, 3.63) is 102 Å². The van der Waals surface area contributed by atoms with Crippen molar-refractivity contribution in [1.82, 2.24) is 36.9 Å². The van der Waals surface area contributed by atoms with Crippen LogP contribution in [-0.4, -0.2) is 95.0 Å². The first-order chi connectivity index (χ1) is 28.7. The summed E-state index contributed by atoms with van der Waals surface area (Å²) in [6, 6.07) is 20.0. The minimum Gasteiger partial charge on any atom is -0.494 e. The highest BCUT2D eigenvalue weighted by atomic mass is 16.5. The average molecular weight is 824 g/mol. The van der Waals surface area contributed by atoms with E-state index >= 15 is 0 Å². The Kier molecular flexibility index (Phi) is 15.8. The van der Waals surface area contributed by atoms with E-state index in [9.17, 15) is 33.9 Å². The number of benzene rings is 3. The van der Waals surface area contributed by atoms with Crippen LogP contribution < -0.4 is 36.6 Å². The summed E-state index contributed by atoms with van der Waals surface area (Å²) < 4.78 is 5.80. The molecule has 4 aromatic rings. The minimum absolute atomic E-state index is 0.0160. The molecule has 2 aliphatic heterocycles. The lowest BCUT2D eigenvalue weighted by molar-refractivity contribution is -0.137. The summed E-state index contributed by atoms with van der Waals surface area (Å²) in [7, 11) is 0. The fourth-order valence-corrected chi connectivity index (χ4v) is 7.07. The number of aliphatic hydroxyl groups excluding tert-OH is 1. The number of carbonyl (C=O) groups excluding carboxylic acids is 6. The molecule has 1 unspecified atom stereocenters. The lowest BCUT2D eigenvalue weighted by Gasteiger charge is -2.30. The Labute approximate surface area is 350 Å². The Bertz CT molecular complexity index is 2070. The molecule has 60 heavy (non-hydrogen) atoms. The highest BCUT2D eigenvalue weighted by molar-refractivity contribution is 5.95. The van der Waals surface area contributed by atoms with E-state index < -0.39 is 71.8 Å². The van der Waals surface area contributed by atoms with Gasteiger partial charge in [0.05, 0.1) is 12.6 Å². The molecule has 15 heteroatoms. The molecule has 0 saturated heterocycles. The number of rotatable bonds is 14. The Morgan fingerprint density at radius 3 is 2.18 bits per heavy atom. The molecule has 0 fully saturated rings. The zero-order chi connectivity index (χ0) is 43.3. The molecule has 15 nitrogen and oxygen atoms in total. The van der Waals surface area contributed by atoms with Crippen LogP contribution in [0.3, 0.4) is 0 Å². The number of carbonyl (C=O) groups is 6. The van der Waals surface area contributed by atoms with Gasteiger partial charge in [-0.3, -0.25) is 28.8 Å². The lowest BCUT2D eigenvalue weighted by Crippen LogP contribution is -2.61. The third-order valence-corrected chi connectivity index (χ3v) is 10.4. The normalized spacial score (nSPS) is 18.1. The number of aromatic amines is 1. The third-order valence-electron chi connectivity index (χ3n) is 10.4. The second-order valence-electron chi connectivity index (χ2n) is 16.0. The number of H-pyrrole nitrogens is 1. The number of amides is 6. The van der Waals surface area contributed by atoms with E-state index in [1.165, 1.54) is 6.92 Å². The van der Waals surface area contributed by atoms with Crippen molar-refractivity contribution in [3.63, 3.8) is 0 Å². The highest BCUT2D eigenvalue weighted by Crippen LogP contribution is 2.18. The summed E-state index contributed by atoms with van der Waals surface area (Å²) in [4.78, 5) is 84.5. The molecule has 0 aliphatic carbocycles. The molecule has 1 aromatic heterocycles. The summed E-state index contributed by atoms with van der Waals surface area (Å²) >= 11 is 0. The fourth-order valence-electron chi connectivity index (χ4n) is 7.07. The molecule has 0 saturated carbocycles. The molecule has 320 valence electrons. The molecule has 3 aromatic carbocycles. The van der Waals surface area contributed by atoms with Gasteiger partial charge in [0.2, 0.25) is 29.5 Å². The summed E-state index contributed by atoms with van der Waals surface area (Å²) in [6.45, 7) is 9.08. The van der Waals surface area contributed by atoms with Crippen LogP contribution in [0.5, 0.6) is 5.75 Å². The summed E-state index contributed by atoms with van der Waals surface area (Å²) in [5, 5.41) is 29.3. The average Bonchev–Trinajstić information content (AvgIpc) is 3.63. The van der Waals surface area contributed by atoms with Gasteiger partial charge in [0.15, 0.2) is 6.10 Å². The fraction of sp³-hybridized carbons (Fsp3) is 0.422. The van der Waals surface area contributed by atoms with Crippen LogP contribution in [0.2, 0.25) is 0 Å². The van der Waals surface area contributed by atoms with Gasteiger partial charge in [0.1, 0.15) is 29.9 Å². The number of hydrogen-bond acceptors (Lipinski definition) is 8. The van der Waals surface area contributed by atoms with Crippen LogP contribution in [0.4, 0.5) is 0 Å². The summed E-state index contributed by atoms with van der Waals surface area (Å²) in [6.07, 6.45) is -1.16. The number of ether oxygens (including phenoxy) is 1. The first-order valence-electron chi connectivity index (χ1n) is 20.4. The van der Waals surface area contributed by atoms with Gasteiger partial charge in [-0.25, -0.2) is 0 Å². The number of fused-ring (bicyclic) bond motifs is 13. The smallest absolute Gasteiger partial charge is 0.251 e. The van der Waals surface area contributed by atoms with Crippen LogP contribution in [0.25, 0.3) is 10.9 Å². The van der Waals surface area contributed by atoms with Crippen molar-refractivity contribution < 1.29 is 38.6 Å². The summed E-state index contributed by atoms with van der Waals surface area (Å²) in [5.41, 5.74) is 2.96. The minimum atomic E-state index is -1.86. The standard InChI is InChI=1S/C45H57N7O8/c1-26(2)38-43(57)46-20-11-21-60-33-18-16-30(17-19-33)23-36(41(55)51-38)50-45(59)40(54)35(22-29-12-7-6-8-13-29)49-44(58)39(27(3)4)52-42(56)37(47-28(5)53)25-32-24-31-14-9-10-15-34(31)48-32/h6-10,12-19,24,26-27,35-40,48,54H,11,20-23,25H2,1-5H3,(H,46,57)(H,47,53)(H,49,58)(H,50,59)(H,51,55)(H,52,56)/t35-,36-,37-,38-,39-,40?/m0/s1. The van der Waals surface area contributed by atoms with Crippen molar-refractivity contribution in [2.45, 2.75) is 96.6 Å². The Morgan fingerprint density at radius 2 is 1.52 bits per heavy atom. The molecule has 3 heterocycles. The maximum atomic E-state index is 14.1. The second-order valence-corrected chi connectivity index (χ2v) is 16.0. The quantitative estimate of drug-likeness (QED) is 0.0941. The van der Waals surface area contributed by atoms with Gasteiger partial charge in [-0.1, -0.05) is 88.4 Å². The van der Waals surface area contributed by atoms with Gasteiger partial charge in [0, 0.05) is 37.5 Å². The first kappa shape index (κ1) is 44.9. The third kappa shape index (κ3) is 12.6. The van der Waals surface area contributed by atoms with E-state index in [2.05, 4.69) is 36.9 Å². The van der Waals surface area contributed by atoms with Gasteiger partial charge < -0.3 is 46.7 Å². The van der Waals surface area contributed by atoms with Crippen molar-refractivity contribution >= 4 is 46.3 Å². The van der Waals surface area contributed by atoms with Gasteiger partial charge in [-0.2, -0.15) is 0 Å². The van der Waals surface area contributed by atoms with Crippen molar-refractivity contribution in [1.29, 1.82) is 0 Å². The summed E-state index contributed by atoms with van der Waals surface area (Å²) in [5.74, 6) is -3.78. The van der Waals surface area contributed by atoms with Crippen LogP contribution in [0.15, 0.2) is 84.9 Å². The molecule has 6 amide bonds. The van der Waals surface area contributed by atoms with Crippen molar-refractivity contribution in [3.8, 4) is 5.75 Å². The number of hydrogen-bond donors (Lipinski definition) is 8. The predicted octanol–water partition coefficient (Wildman–Crippen LogP) is 2.21. The predicted molar refractivity (Wildman–Crippen MR) is 226 cm³/mol. The Hall–Kier alpha value is -6.22. The lowest BCUT2D eigenvalue weighted by atomic mass is 9.97. The van der Waals surface area contributed by atoms with E-state index in [0.717, 1.165) is 10.9 Å². The van der Waals surface area contributed by atoms with Crippen molar-refractivity contribution in [2.75, 3.05) is 13.2 Å². The monoisotopic (exact) mass is 823 g/mol. The van der Waals surface area contributed by atoms with E-state index in [4.69, 9.17) is 4.74 Å². The molecule has 0 spiro atoms. The molecular weight excluding hydrogens is 767 g/mol. The van der Waals surface area contributed by atoms with Gasteiger partial charge >= 0.3 is 0 Å². The van der Waals surface area contributed by atoms with E-state index in [1.807, 2.05) is 36.4 Å². The van der Waals surface area contributed by atoms with Crippen LogP contribution in [0, 0.1) is 11.8 Å². The first-order valence-corrected chi connectivity index (χ1v) is 20.4. The number of nitrogens with one attached hydrogen (secondary N) is 7. The Balaban J connectivity index is 1.36. The SMILES string of the molecule is CC(=O)N[C@@H](Cc1cc2ccccc2[nH]1)C(=O)N[C@H](C(=O)N[C@@H](Cc1ccccc1)C(O)C(=O)N[C@H]1Cc2ccc(cc2)OCCCNC(=O)[C@H](C(C)C)NC1=O)C(C)C. The molecule has 2 bridgehead atoms. The maximum absolute atomic E-state index is 14.1. The van der Waals surface area contributed by atoms with Crippen LogP contribution in [-0.2, 0) is 48.0 Å². The maximum Gasteiger partial charge on any atom is 0.251 e. The number of aliphatic hydroxyl groups is 1. The second kappa shape index (κ2) is 21.2. The molecule has 0 radical (unpaired) electrons. The highest BCUT2D eigenvalue weighted by Gasteiger charge is 2.36. The molecule has 6 atom stereocenters. The molecule has 8 N–H and O–H groups in total. The number of para-hydroxylation sites is 1. The molecule has 2 aliphatic rings. The molecule has 6 rings (SSSR count). The van der Waals surface area contributed by atoms with E-state index in [1.54, 1.807) is 76.2 Å². The van der Waals surface area contributed by atoms with Gasteiger partial charge in [-0.15, -0.1) is 0 Å². The topological polar surface area (TPSA) is 220 Å². The van der Waals surface area contributed by atoms with Gasteiger partial charge in [0.25, 0.3) is 5.91 Å². The van der Waals surface area contributed by atoms with E-state index in [-0.39, 0.29) is 31.1 Å². The Morgan fingerprint density at radius 1 is 0.817 bits per heavy atom. The number of aromatic nitrogens is 1. The van der Waals surface area contributed by atoms with E-state index in [0.29, 0.717) is 42.1 Å². The van der Waals surface area contributed by atoms with Crippen LogP contribution in [0.1, 0.15) is 57.9 Å².